The number of allylic oxidation sites excluding steroid dienone is 2. The zero-order valence-electron chi connectivity index (χ0n) is 29.6. The highest BCUT2D eigenvalue weighted by Gasteiger charge is 2.83. The van der Waals surface area contributed by atoms with E-state index in [1.54, 1.807) is 20.8 Å². The van der Waals surface area contributed by atoms with Gasteiger partial charge in [-0.1, -0.05) is 12.5 Å². The molecular formula is C32H52F6O9Si2. The number of alkyl halides is 6. The summed E-state index contributed by atoms with van der Waals surface area (Å²) in [6.07, 6.45) is 1.99. The van der Waals surface area contributed by atoms with E-state index < -0.39 is 59.3 Å². The average molecular weight is 751 g/mol. The Hall–Kier alpha value is -1.87. The third kappa shape index (κ3) is 10.6. The van der Waals surface area contributed by atoms with Crippen LogP contribution in [0.5, 0.6) is 11.5 Å². The molecule has 0 fully saturated rings. The first-order valence-electron chi connectivity index (χ1n) is 16.9. The van der Waals surface area contributed by atoms with E-state index >= 15 is 0 Å². The molecule has 0 amide bonds. The first-order chi connectivity index (χ1) is 23.2. The van der Waals surface area contributed by atoms with Crippen molar-refractivity contribution in [2.45, 2.75) is 104 Å². The van der Waals surface area contributed by atoms with Crippen molar-refractivity contribution in [1.82, 2.24) is 0 Å². The van der Waals surface area contributed by atoms with Gasteiger partial charge < -0.3 is 40.8 Å². The van der Waals surface area contributed by atoms with E-state index in [0.29, 0.717) is 83.0 Å². The van der Waals surface area contributed by atoms with Crippen LogP contribution in [0, 0.1) is 0 Å². The number of hydrogen-bond acceptors (Lipinski definition) is 9. The zero-order valence-corrected chi connectivity index (χ0v) is 31.6. The molecule has 0 N–H and O–H groups in total. The molecule has 1 aliphatic rings. The van der Waals surface area contributed by atoms with Gasteiger partial charge in [-0.15, -0.1) is 0 Å². The van der Waals surface area contributed by atoms with Crippen LogP contribution in [0.2, 0.25) is 12.1 Å². The minimum atomic E-state index is -5.80. The maximum Gasteiger partial charge on any atom is 0.500 e. The molecular weight excluding hydrogens is 699 g/mol. The lowest BCUT2D eigenvalue weighted by Crippen LogP contribution is -2.49. The number of methoxy groups -OCH3 is 1. The number of halogens is 6. The highest BCUT2D eigenvalue weighted by atomic mass is 28.4. The van der Waals surface area contributed by atoms with Crippen molar-refractivity contribution in [3.05, 3.63) is 35.3 Å². The molecule has 17 heteroatoms. The molecule has 0 radical (unpaired) electrons. The van der Waals surface area contributed by atoms with Gasteiger partial charge in [-0.05, 0) is 84.9 Å². The highest BCUT2D eigenvalue weighted by molar-refractivity contribution is 6.61. The summed E-state index contributed by atoms with van der Waals surface area (Å²) in [6.45, 7) is 12.8. The van der Waals surface area contributed by atoms with E-state index in [9.17, 15) is 26.3 Å². The lowest BCUT2D eigenvalue weighted by molar-refractivity contribution is -0.275. The number of aryl methyl sites for hydroxylation is 1. The quantitative estimate of drug-likeness (QED) is 0.0527. The van der Waals surface area contributed by atoms with Crippen LogP contribution in [0.15, 0.2) is 29.7 Å². The fourth-order valence-corrected chi connectivity index (χ4v) is 10.7. The van der Waals surface area contributed by atoms with Crippen molar-refractivity contribution in [2.75, 3.05) is 53.4 Å². The molecule has 0 spiro atoms. The van der Waals surface area contributed by atoms with Gasteiger partial charge in [-0.2, -0.15) is 26.3 Å². The van der Waals surface area contributed by atoms with Crippen molar-refractivity contribution in [2.24, 2.45) is 0 Å². The molecule has 0 aliphatic heterocycles. The maximum absolute atomic E-state index is 15.0. The van der Waals surface area contributed by atoms with Crippen LogP contribution < -0.4 is 9.47 Å². The Bertz CT molecular complexity index is 1140. The third-order valence-corrected chi connectivity index (χ3v) is 13.8. The summed E-state index contributed by atoms with van der Waals surface area (Å²) in [4.78, 5) is 0. The van der Waals surface area contributed by atoms with Crippen molar-refractivity contribution >= 4 is 17.6 Å². The standard InChI is InChI=1S/C32H52F6O9Si2/c1-8-41-48(42-9-2,43-10-3)22-16-14-15-21-40-28-29(31(35,36)32(37,38)30(28,33)34)47-26-20-19-25(24-27(26)39-7)18-17-23-49(44-11-4,45-12-5)46-13-6/h19-20,24H,8-18,21-23H2,1-7H3. The van der Waals surface area contributed by atoms with Crippen molar-refractivity contribution in [3.63, 3.8) is 0 Å². The lowest BCUT2D eigenvalue weighted by Gasteiger charge is -2.28. The highest BCUT2D eigenvalue weighted by Crippen LogP contribution is 2.60. The molecule has 0 heterocycles. The zero-order chi connectivity index (χ0) is 36.8. The summed E-state index contributed by atoms with van der Waals surface area (Å²) in [7, 11) is -4.65. The number of benzene rings is 1. The van der Waals surface area contributed by atoms with Crippen LogP contribution in [0.25, 0.3) is 0 Å². The monoisotopic (exact) mass is 750 g/mol. The van der Waals surface area contributed by atoms with Crippen LogP contribution in [0.1, 0.15) is 72.8 Å². The van der Waals surface area contributed by atoms with Gasteiger partial charge in [-0.3, -0.25) is 0 Å². The molecule has 0 aromatic heterocycles. The Kier molecular flexibility index (Phi) is 17.4. The summed E-state index contributed by atoms with van der Waals surface area (Å²) < 4.78 is 139. The van der Waals surface area contributed by atoms with E-state index in [1.807, 2.05) is 20.8 Å². The fourth-order valence-electron chi connectivity index (χ4n) is 5.40. The molecule has 1 aromatic rings. The molecule has 9 nitrogen and oxygen atoms in total. The predicted molar refractivity (Wildman–Crippen MR) is 174 cm³/mol. The number of ether oxygens (including phenoxy) is 3. The van der Waals surface area contributed by atoms with Crippen LogP contribution in [0.3, 0.4) is 0 Å². The smallest absolute Gasteiger partial charge is 0.493 e. The van der Waals surface area contributed by atoms with Crippen molar-refractivity contribution < 1.29 is 67.1 Å². The summed E-state index contributed by atoms with van der Waals surface area (Å²) in [5, 5.41) is 0. The summed E-state index contributed by atoms with van der Waals surface area (Å²) in [6, 6.07) is 5.09. The second kappa shape index (κ2) is 19.7. The normalized spacial score (nSPS) is 17.1. The van der Waals surface area contributed by atoms with Gasteiger partial charge in [0.2, 0.25) is 11.5 Å². The van der Waals surface area contributed by atoms with Gasteiger partial charge in [0.05, 0.1) is 13.7 Å². The number of unbranched alkanes of at least 4 members (excludes halogenated alkanes) is 2. The SMILES string of the molecule is CCO[Si](CCCCCOC1=C(Oc2ccc(CCC[Si](OCC)(OCC)OCC)cc2OC)C(F)(F)C(F)(F)C1(F)F)(OCC)OCC. The van der Waals surface area contributed by atoms with Gasteiger partial charge in [0, 0.05) is 51.7 Å². The van der Waals surface area contributed by atoms with Gasteiger partial charge in [-0.25, -0.2) is 0 Å². The molecule has 284 valence electrons. The molecule has 1 aliphatic carbocycles. The molecule has 0 saturated carbocycles. The summed E-state index contributed by atoms with van der Waals surface area (Å²) >= 11 is 0. The molecule has 49 heavy (non-hydrogen) atoms. The first kappa shape index (κ1) is 43.3. The van der Waals surface area contributed by atoms with E-state index in [-0.39, 0.29) is 12.2 Å². The Morgan fingerprint density at radius 2 is 1.04 bits per heavy atom. The minimum Gasteiger partial charge on any atom is -0.493 e. The lowest BCUT2D eigenvalue weighted by atomic mass is 10.1. The number of hydrogen-bond donors (Lipinski definition) is 0. The van der Waals surface area contributed by atoms with E-state index in [4.69, 9.17) is 40.8 Å². The van der Waals surface area contributed by atoms with Gasteiger partial charge >= 0.3 is 35.4 Å². The summed E-state index contributed by atoms with van der Waals surface area (Å²) in [5.74, 6) is -21.0. The first-order valence-corrected chi connectivity index (χ1v) is 20.8. The Morgan fingerprint density at radius 1 is 0.571 bits per heavy atom. The topological polar surface area (TPSA) is 83.1 Å². The van der Waals surface area contributed by atoms with Crippen molar-refractivity contribution in [3.8, 4) is 11.5 Å². The average Bonchev–Trinajstić information content (AvgIpc) is 3.13. The van der Waals surface area contributed by atoms with Crippen LogP contribution in [-0.2, 0) is 37.7 Å². The Morgan fingerprint density at radius 3 is 1.51 bits per heavy atom. The second-order valence-corrected chi connectivity index (χ2v) is 16.4. The predicted octanol–water partition coefficient (Wildman–Crippen LogP) is 8.42. The van der Waals surface area contributed by atoms with Crippen LogP contribution >= 0.6 is 0 Å². The largest absolute Gasteiger partial charge is 0.500 e. The molecule has 2 rings (SSSR count). The van der Waals surface area contributed by atoms with Crippen molar-refractivity contribution in [1.29, 1.82) is 0 Å². The summed E-state index contributed by atoms with van der Waals surface area (Å²) in [5.41, 5.74) is 0.681. The van der Waals surface area contributed by atoms with E-state index in [0.717, 1.165) is 0 Å². The number of rotatable bonds is 26. The van der Waals surface area contributed by atoms with E-state index in [1.165, 1.54) is 25.3 Å². The Balaban J connectivity index is 2.21. The van der Waals surface area contributed by atoms with Crippen LogP contribution in [0.4, 0.5) is 26.3 Å². The van der Waals surface area contributed by atoms with Gasteiger partial charge in [0.15, 0.2) is 11.5 Å². The van der Waals surface area contributed by atoms with Gasteiger partial charge in [0.25, 0.3) is 0 Å². The minimum absolute atomic E-state index is 0.0942. The molecule has 0 atom stereocenters. The van der Waals surface area contributed by atoms with E-state index in [2.05, 4.69) is 0 Å². The molecule has 0 saturated heterocycles. The fraction of sp³-hybridized carbons (Fsp3) is 0.750. The molecule has 0 unspecified atom stereocenters. The second-order valence-electron chi connectivity index (χ2n) is 10.9. The molecule has 0 bridgehead atoms. The maximum atomic E-state index is 15.0. The van der Waals surface area contributed by atoms with Gasteiger partial charge in [0.1, 0.15) is 0 Å². The Labute approximate surface area is 288 Å². The molecule has 1 aromatic carbocycles. The van der Waals surface area contributed by atoms with Crippen LogP contribution in [-0.4, -0.2) is 88.7 Å². The third-order valence-electron chi connectivity index (χ3n) is 7.51.